The minimum absolute atomic E-state index is 0.105. The molecule has 150 valence electrons. The average Bonchev–Trinajstić information content (AvgIpc) is 3.42. The molecule has 1 aliphatic carbocycles. The maximum absolute atomic E-state index is 12.3. The van der Waals surface area contributed by atoms with Crippen LogP contribution in [-0.2, 0) is 0 Å². The van der Waals surface area contributed by atoms with E-state index < -0.39 is 0 Å². The van der Waals surface area contributed by atoms with Gasteiger partial charge >= 0.3 is 6.03 Å². The predicted octanol–water partition coefficient (Wildman–Crippen LogP) is 2.53. The van der Waals surface area contributed by atoms with Crippen LogP contribution in [0.15, 0.2) is 12.4 Å². The molecule has 0 aromatic carbocycles. The van der Waals surface area contributed by atoms with Crippen LogP contribution in [0.4, 0.5) is 10.5 Å². The Morgan fingerprint density at radius 1 is 1.11 bits per heavy atom. The Morgan fingerprint density at radius 3 is 2.48 bits per heavy atom. The number of carbonyl (C=O) groups is 1. The molecule has 2 aliphatic heterocycles. The van der Waals surface area contributed by atoms with E-state index in [0.717, 1.165) is 43.6 Å². The van der Waals surface area contributed by atoms with Crippen molar-refractivity contribution in [3.63, 3.8) is 0 Å². The fraction of sp³-hybridized carbons (Fsp3) is 0.800. The van der Waals surface area contributed by atoms with Crippen molar-refractivity contribution in [1.29, 1.82) is 0 Å². The summed E-state index contributed by atoms with van der Waals surface area (Å²) < 4.78 is 1.98. The smallest absolute Gasteiger partial charge is 0.319 e. The number of hydrogen-bond donors (Lipinski definition) is 2. The highest BCUT2D eigenvalue weighted by atomic mass is 16.2. The van der Waals surface area contributed by atoms with Crippen LogP contribution in [0, 0.1) is 5.92 Å². The van der Waals surface area contributed by atoms with Crippen molar-refractivity contribution >= 4 is 11.7 Å². The Kier molecular flexibility index (Phi) is 5.68. The lowest BCUT2D eigenvalue weighted by Crippen LogP contribution is -2.51. The van der Waals surface area contributed by atoms with Crippen molar-refractivity contribution in [3.8, 4) is 0 Å². The van der Waals surface area contributed by atoms with Gasteiger partial charge in [-0.25, -0.2) is 4.79 Å². The number of carbonyl (C=O) groups excluding carboxylic acids is 1. The van der Waals surface area contributed by atoms with E-state index in [1.807, 2.05) is 10.9 Å². The monoisotopic (exact) mass is 374 g/mol. The van der Waals surface area contributed by atoms with Gasteiger partial charge in [0.2, 0.25) is 0 Å². The topological polar surface area (TPSA) is 65.4 Å². The summed E-state index contributed by atoms with van der Waals surface area (Å²) in [5.74, 6) is 0.751. The van der Waals surface area contributed by atoms with E-state index in [2.05, 4.69) is 39.5 Å². The van der Waals surface area contributed by atoms with E-state index in [4.69, 9.17) is 0 Å². The molecule has 7 nitrogen and oxygen atoms in total. The van der Waals surface area contributed by atoms with E-state index in [1.54, 1.807) is 6.20 Å². The standard InChI is InChI=1S/C20H34N6O/c1-15(16-3-4-16)26-14-18(13-21-26)23-20(27)22-17-5-11-25(12-6-17)19-7-9-24(2)10-8-19/h13-17,19H,3-12H2,1-2H3,(H2,22,23,27). The molecular weight excluding hydrogens is 340 g/mol. The highest BCUT2D eigenvalue weighted by Crippen LogP contribution is 2.39. The number of urea groups is 1. The second kappa shape index (κ2) is 8.19. The van der Waals surface area contributed by atoms with Gasteiger partial charge in [0.1, 0.15) is 0 Å². The second-order valence-corrected chi connectivity index (χ2v) is 8.73. The third kappa shape index (κ3) is 4.82. The molecule has 1 atom stereocenters. The Hall–Kier alpha value is -1.60. The molecule has 27 heavy (non-hydrogen) atoms. The molecule has 0 spiro atoms. The molecule has 1 unspecified atom stereocenters. The summed E-state index contributed by atoms with van der Waals surface area (Å²) in [6, 6.07) is 1.32. The summed E-state index contributed by atoms with van der Waals surface area (Å²) in [5.41, 5.74) is 0.781. The predicted molar refractivity (Wildman–Crippen MR) is 107 cm³/mol. The average molecular weight is 375 g/mol. The molecule has 1 aromatic heterocycles. The summed E-state index contributed by atoms with van der Waals surface area (Å²) in [6.07, 6.45) is 10.9. The summed E-state index contributed by atoms with van der Waals surface area (Å²) >= 11 is 0. The summed E-state index contributed by atoms with van der Waals surface area (Å²) in [5, 5.41) is 10.5. The van der Waals surface area contributed by atoms with Crippen LogP contribution < -0.4 is 10.6 Å². The second-order valence-electron chi connectivity index (χ2n) is 8.73. The van der Waals surface area contributed by atoms with Crippen LogP contribution in [-0.4, -0.2) is 70.9 Å². The zero-order valence-electron chi connectivity index (χ0n) is 16.7. The van der Waals surface area contributed by atoms with Crippen molar-refractivity contribution in [1.82, 2.24) is 24.9 Å². The third-order valence-corrected chi connectivity index (χ3v) is 6.65. The number of hydrogen-bond acceptors (Lipinski definition) is 4. The first kappa shape index (κ1) is 18.7. The highest BCUT2D eigenvalue weighted by molar-refractivity contribution is 5.89. The fourth-order valence-corrected chi connectivity index (χ4v) is 4.54. The molecule has 2 amide bonds. The van der Waals surface area contributed by atoms with Crippen LogP contribution in [0.25, 0.3) is 0 Å². The fourth-order valence-electron chi connectivity index (χ4n) is 4.54. The molecule has 0 radical (unpaired) electrons. The molecule has 3 heterocycles. The quantitative estimate of drug-likeness (QED) is 0.831. The minimum Gasteiger partial charge on any atom is -0.335 e. The summed E-state index contributed by atoms with van der Waals surface area (Å²) in [6.45, 7) is 6.80. The Labute approximate surface area is 162 Å². The van der Waals surface area contributed by atoms with Gasteiger partial charge in [-0.3, -0.25) is 4.68 Å². The molecule has 3 aliphatic rings. The van der Waals surface area contributed by atoms with Crippen molar-refractivity contribution in [2.75, 3.05) is 38.5 Å². The van der Waals surface area contributed by atoms with E-state index in [0.29, 0.717) is 6.04 Å². The van der Waals surface area contributed by atoms with Crippen molar-refractivity contribution in [2.45, 2.75) is 63.6 Å². The normalized spacial score (nSPS) is 24.7. The van der Waals surface area contributed by atoms with Gasteiger partial charge in [-0.05, 0) is 71.5 Å². The SMILES string of the molecule is CC(C1CC1)n1cc(NC(=O)NC2CCN(C3CCN(C)CC3)CC2)cn1. The van der Waals surface area contributed by atoms with Crippen molar-refractivity contribution < 1.29 is 4.79 Å². The third-order valence-electron chi connectivity index (χ3n) is 6.65. The number of aromatic nitrogens is 2. The Morgan fingerprint density at radius 2 is 1.81 bits per heavy atom. The Bertz CT molecular complexity index is 626. The van der Waals surface area contributed by atoms with Crippen LogP contribution in [0.5, 0.6) is 0 Å². The first-order valence-electron chi connectivity index (χ1n) is 10.6. The van der Waals surface area contributed by atoms with Crippen LogP contribution in [0.1, 0.15) is 51.5 Å². The number of amides is 2. The van der Waals surface area contributed by atoms with Gasteiger partial charge in [0.25, 0.3) is 0 Å². The molecule has 0 bridgehead atoms. The summed E-state index contributed by atoms with van der Waals surface area (Å²) in [7, 11) is 2.21. The largest absolute Gasteiger partial charge is 0.335 e. The molecule has 4 rings (SSSR count). The van der Waals surface area contributed by atoms with Gasteiger partial charge in [-0.2, -0.15) is 5.10 Å². The van der Waals surface area contributed by atoms with E-state index >= 15 is 0 Å². The van der Waals surface area contributed by atoms with E-state index in [1.165, 1.54) is 38.8 Å². The maximum Gasteiger partial charge on any atom is 0.319 e. The molecule has 1 aromatic rings. The molecular formula is C20H34N6O. The van der Waals surface area contributed by atoms with Gasteiger partial charge < -0.3 is 20.4 Å². The lowest BCUT2D eigenvalue weighted by atomic mass is 9.98. The van der Waals surface area contributed by atoms with Gasteiger partial charge in [0.15, 0.2) is 0 Å². The minimum atomic E-state index is -0.105. The molecule has 7 heteroatoms. The highest BCUT2D eigenvalue weighted by Gasteiger charge is 2.30. The molecule has 2 N–H and O–H groups in total. The summed E-state index contributed by atoms with van der Waals surface area (Å²) in [4.78, 5) is 17.4. The number of likely N-dealkylation sites (tertiary alicyclic amines) is 2. The van der Waals surface area contributed by atoms with Gasteiger partial charge in [0.05, 0.1) is 17.9 Å². The number of rotatable bonds is 5. The zero-order valence-corrected chi connectivity index (χ0v) is 16.7. The lowest BCUT2D eigenvalue weighted by Gasteiger charge is -2.41. The zero-order chi connectivity index (χ0) is 18.8. The Balaban J connectivity index is 1.19. The van der Waals surface area contributed by atoms with Gasteiger partial charge in [0, 0.05) is 31.4 Å². The maximum atomic E-state index is 12.3. The number of anilines is 1. The lowest BCUT2D eigenvalue weighted by molar-refractivity contribution is 0.0938. The van der Waals surface area contributed by atoms with Gasteiger partial charge in [-0.1, -0.05) is 0 Å². The van der Waals surface area contributed by atoms with Crippen molar-refractivity contribution in [2.24, 2.45) is 5.92 Å². The molecule has 3 fully saturated rings. The van der Waals surface area contributed by atoms with E-state index in [-0.39, 0.29) is 12.1 Å². The molecule has 1 saturated carbocycles. The van der Waals surface area contributed by atoms with Gasteiger partial charge in [-0.15, -0.1) is 0 Å². The van der Waals surface area contributed by atoms with E-state index in [9.17, 15) is 4.79 Å². The van der Waals surface area contributed by atoms with Crippen LogP contribution in [0.2, 0.25) is 0 Å². The van der Waals surface area contributed by atoms with Crippen molar-refractivity contribution in [3.05, 3.63) is 12.4 Å². The number of nitrogens with zero attached hydrogens (tertiary/aromatic N) is 4. The number of piperidine rings is 2. The molecule has 2 saturated heterocycles. The van der Waals surface area contributed by atoms with Crippen LogP contribution in [0.3, 0.4) is 0 Å². The van der Waals surface area contributed by atoms with Crippen LogP contribution >= 0.6 is 0 Å². The first-order valence-corrected chi connectivity index (χ1v) is 10.6. The first-order chi connectivity index (χ1) is 13.1. The number of nitrogens with one attached hydrogen (secondary N) is 2.